The molecule has 11 nitrogen and oxygen atoms in total. The van der Waals surface area contributed by atoms with Crippen molar-refractivity contribution in [3.63, 3.8) is 0 Å². The molecule has 0 unspecified atom stereocenters. The van der Waals surface area contributed by atoms with Gasteiger partial charge in [0, 0.05) is 50.6 Å². The number of rotatable bonds is 11. The zero-order chi connectivity index (χ0) is 40.1. The molecule has 2 aromatic carbocycles. The minimum Gasteiger partial charge on any atom is -0.478 e. The fourth-order valence-electron chi connectivity index (χ4n) is 4.91. The molecular formula is C39H59ClO11S2. The van der Waals surface area contributed by atoms with Gasteiger partial charge in [-0.05, 0) is 58.6 Å². The summed E-state index contributed by atoms with van der Waals surface area (Å²) in [6.07, 6.45) is 3.44. The predicted molar refractivity (Wildman–Crippen MR) is 212 cm³/mol. The van der Waals surface area contributed by atoms with Crippen LogP contribution >= 0.6 is 36.0 Å². The maximum Gasteiger partial charge on any atom is 0.404 e. The van der Waals surface area contributed by atoms with Crippen LogP contribution in [0.15, 0.2) is 48.5 Å². The quantitative estimate of drug-likeness (QED) is 0.127. The van der Waals surface area contributed by atoms with E-state index in [1.54, 1.807) is 57.2 Å². The Kier molecular flexibility index (Phi) is 23.1. The zero-order valence-corrected chi connectivity index (χ0v) is 34.6. The number of carbonyl (C=O) groups is 3. The van der Waals surface area contributed by atoms with E-state index in [1.165, 1.54) is 0 Å². The van der Waals surface area contributed by atoms with Gasteiger partial charge in [-0.25, -0.2) is 9.59 Å². The summed E-state index contributed by atoms with van der Waals surface area (Å²) in [5.41, 5.74) is 1.75. The second-order valence-electron chi connectivity index (χ2n) is 13.6. The summed E-state index contributed by atoms with van der Waals surface area (Å²) in [4.78, 5) is 32.6. The Labute approximate surface area is 329 Å². The average Bonchev–Trinajstić information content (AvgIpc) is 3.16. The topological polar surface area (TPSA) is 158 Å². The van der Waals surface area contributed by atoms with Crippen LogP contribution in [0.25, 0.3) is 0 Å². The molecular weight excluding hydrogens is 744 g/mol. The summed E-state index contributed by atoms with van der Waals surface area (Å²) in [5.74, 6) is 0.0685. The Morgan fingerprint density at radius 3 is 1.36 bits per heavy atom. The van der Waals surface area contributed by atoms with Gasteiger partial charge in [0.05, 0.1) is 45.2 Å². The minimum atomic E-state index is -0.923. The van der Waals surface area contributed by atoms with Crippen LogP contribution in [-0.2, 0) is 23.7 Å². The second kappa shape index (κ2) is 25.1. The van der Waals surface area contributed by atoms with E-state index in [1.807, 2.05) is 12.1 Å². The summed E-state index contributed by atoms with van der Waals surface area (Å²) < 4.78 is 27.9. The van der Waals surface area contributed by atoms with E-state index < -0.39 is 17.0 Å². The molecule has 2 aliphatic heterocycles. The van der Waals surface area contributed by atoms with E-state index in [9.17, 15) is 14.4 Å². The van der Waals surface area contributed by atoms with Crippen LogP contribution in [0.4, 0.5) is 4.79 Å². The highest BCUT2D eigenvalue weighted by atomic mass is 35.5. The minimum absolute atomic E-state index is 0.00878. The normalized spacial score (nSPS) is 16.7. The summed E-state index contributed by atoms with van der Waals surface area (Å²) in [5, 5.41) is 25.4. The van der Waals surface area contributed by atoms with Gasteiger partial charge in [0.25, 0.3) is 0 Å². The first kappa shape index (κ1) is 48.8. The molecule has 0 atom stereocenters. The Morgan fingerprint density at radius 1 is 0.755 bits per heavy atom. The van der Waals surface area contributed by atoms with E-state index in [-0.39, 0.29) is 47.3 Å². The summed E-state index contributed by atoms with van der Waals surface area (Å²) in [6.45, 7) is 16.9. The van der Waals surface area contributed by atoms with E-state index in [4.69, 9.17) is 45.9 Å². The lowest BCUT2D eigenvalue weighted by Crippen LogP contribution is -2.37. The third-order valence-corrected chi connectivity index (χ3v) is 9.98. The van der Waals surface area contributed by atoms with Crippen molar-refractivity contribution in [2.75, 3.05) is 51.1 Å². The van der Waals surface area contributed by atoms with Crippen molar-refractivity contribution in [1.82, 2.24) is 0 Å². The Hall–Kier alpha value is -2.20. The number of carboxylic acids is 1. The highest BCUT2D eigenvalue weighted by Gasteiger charge is 2.35. The van der Waals surface area contributed by atoms with Crippen molar-refractivity contribution in [2.24, 2.45) is 10.8 Å². The predicted octanol–water partition coefficient (Wildman–Crippen LogP) is 8.71. The number of thioether (sulfide) groups is 1. The van der Waals surface area contributed by atoms with Crippen molar-refractivity contribution < 1.29 is 53.4 Å². The molecule has 3 N–H and O–H groups in total. The van der Waals surface area contributed by atoms with Crippen molar-refractivity contribution >= 4 is 52.5 Å². The first-order chi connectivity index (χ1) is 25.1. The molecule has 53 heavy (non-hydrogen) atoms. The third kappa shape index (κ3) is 17.9. The van der Waals surface area contributed by atoms with E-state index >= 15 is 0 Å². The lowest BCUT2D eigenvalue weighted by Gasteiger charge is -2.39. The zero-order valence-electron chi connectivity index (χ0n) is 32.1. The van der Waals surface area contributed by atoms with Gasteiger partial charge in [-0.3, -0.25) is 4.79 Å². The lowest BCUT2D eigenvalue weighted by atomic mass is 9.83. The summed E-state index contributed by atoms with van der Waals surface area (Å²) >= 11 is 9.70. The van der Waals surface area contributed by atoms with Crippen molar-refractivity contribution in [2.45, 2.75) is 92.3 Å². The van der Waals surface area contributed by atoms with E-state index in [2.05, 4.69) is 45.1 Å². The number of carbonyl (C=O) groups excluding carboxylic acids is 2. The number of aromatic carboxylic acids is 1. The van der Waals surface area contributed by atoms with Crippen LogP contribution in [0.3, 0.4) is 0 Å². The van der Waals surface area contributed by atoms with Crippen molar-refractivity contribution in [1.29, 1.82) is 0 Å². The molecule has 2 saturated heterocycles. The fourth-order valence-corrected chi connectivity index (χ4v) is 5.72. The van der Waals surface area contributed by atoms with Crippen LogP contribution in [0.5, 0.6) is 0 Å². The molecule has 0 aliphatic carbocycles. The van der Waals surface area contributed by atoms with E-state index in [0.29, 0.717) is 43.5 Å². The lowest BCUT2D eigenvalue weighted by molar-refractivity contribution is -0.235. The van der Waals surface area contributed by atoms with Crippen LogP contribution in [0.2, 0.25) is 0 Å². The first-order valence-electron chi connectivity index (χ1n) is 17.8. The summed E-state index contributed by atoms with van der Waals surface area (Å²) in [6, 6.07) is 14.0. The number of aliphatic hydroxyl groups is 2. The molecule has 0 aromatic heterocycles. The van der Waals surface area contributed by atoms with Crippen LogP contribution < -0.4 is 0 Å². The van der Waals surface area contributed by atoms with Crippen molar-refractivity contribution in [3.05, 3.63) is 70.8 Å². The van der Waals surface area contributed by atoms with Gasteiger partial charge in [-0.15, -0.1) is 0 Å². The SMILES string of the molecule is CC(C)(C)OC(=O)Cl.CCC1(CC)COC(c2ccc(C(=O)O)cc2)OC1.CCC1(CC)COC(c2ccc(C(=O)SCCO)cc2)OC1.OCCS. The molecule has 0 saturated carbocycles. The number of aliphatic hydroxyl groups excluding tert-OH is 2. The molecule has 2 aromatic rings. The van der Waals surface area contributed by atoms with Gasteiger partial charge in [0.1, 0.15) is 5.60 Å². The molecule has 2 aliphatic rings. The highest BCUT2D eigenvalue weighted by Crippen LogP contribution is 2.37. The molecule has 0 bridgehead atoms. The van der Waals surface area contributed by atoms with Gasteiger partial charge in [0.15, 0.2) is 12.6 Å². The van der Waals surface area contributed by atoms with E-state index in [0.717, 1.165) is 48.6 Å². The Morgan fingerprint density at radius 2 is 1.11 bits per heavy atom. The van der Waals surface area contributed by atoms with Gasteiger partial charge in [0.2, 0.25) is 5.12 Å². The molecule has 2 heterocycles. The Bertz CT molecular complexity index is 1320. The average molecular weight is 803 g/mol. The molecule has 2 fully saturated rings. The molecule has 0 amide bonds. The number of benzene rings is 2. The standard InChI is InChI=1S/C17H24O4S.C15H20O4.C5H9ClO2.C2H6OS/c1-3-17(4-2)11-20-16(21-12-17)14-7-5-13(6-8-14)15(19)22-10-9-18;1-3-15(4-2)9-18-14(19-10-15)12-7-5-11(6-8-12)13(16)17;1-5(2,3)8-4(6)7;3-1-2-4/h5-8,16,18H,3-4,9-12H2,1-2H3;5-8,14H,3-4,9-10H2,1-2H3,(H,16,17);1-3H3;3-4H,1-2H2. The number of thiol groups is 1. The molecule has 0 spiro atoms. The molecule has 4 rings (SSSR count). The number of carboxylic acid groups (broad SMARTS) is 1. The van der Waals surface area contributed by atoms with Crippen LogP contribution in [-0.4, -0.2) is 88.6 Å². The fraction of sp³-hybridized carbons (Fsp3) is 0.615. The number of ether oxygens (including phenoxy) is 5. The highest BCUT2D eigenvalue weighted by molar-refractivity contribution is 8.14. The smallest absolute Gasteiger partial charge is 0.404 e. The maximum absolute atomic E-state index is 11.8. The van der Waals surface area contributed by atoms with Gasteiger partial charge in [-0.1, -0.05) is 75.9 Å². The Balaban J connectivity index is 0.000000410. The first-order valence-corrected chi connectivity index (χ1v) is 19.8. The third-order valence-electron chi connectivity index (χ3n) is 8.82. The van der Waals surface area contributed by atoms with Crippen LogP contribution in [0.1, 0.15) is 119 Å². The van der Waals surface area contributed by atoms with Crippen molar-refractivity contribution in [3.8, 4) is 0 Å². The van der Waals surface area contributed by atoms with Gasteiger partial charge < -0.3 is 39.0 Å². The number of halogens is 1. The summed E-state index contributed by atoms with van der Waals surface area (Å²) in [7, 11) is 0. The largest absolute Gasteiger partial charge is 0.478 e. The molecule has 0 radical (unpaired) electrons. The molecule has 300 valence electrons. The number of hydrogen-bond acceptors (Lipinski definition) is 12. The maximum atomic E-state index is 11.8. The molecule has 14 heteroatoms. The monoisotopic (exact) mass is 802 g/mol. The number of hydrogen-bond donors (Lipinski definition) is 4. The van der Waals surface area contributed by atoms with Gasteiger partial charge in [-0.2, -0.15) is 12.6 Å². The second-order valence-corrected chi connectivity index (χ2v) is 15.5. The van der Waals surface area contributed by atoms with Gasteiger partial charge >= 0.3 is 11.4 Å². The van der Waals surface area contributed by atoms with Crippen LogP contribution in [0, 0.1) is 10.8 Å².